The van der Waals surface area contributed by atoms with Gasteiger partial charge in [-0.2, -0.15) is 4.98 Å². The second kappa shape index (κ2) is 13.0. The molecule has 0 saturated heterocycles. The number of hydrogen-bond acceptors (Lipinski definition) is 6. The Bertz CT molecular complexity index is 748. The maximum atomic E-state index is 12.7. The molecule has 0 saturated carbocycles. The molecular formula is C22H36N6O2. The highest BCUT2D eigenvalue weighted by atomic mass is 16.3. The minimum atomic E-state index is -0.401. The molecule has 0 aliphatic heterocycles. The van der Waals surface area contributed by atoms with E-state index >= 15 is 0 Å². The summed E-state index contributed by atoms with van der Waals surface area (Å²) in [6.07, 6.45) is 11.9. The van der Waals surface area contributed by atoms with Crippen LogP contribution in [0, 0.1) is 5.92 Å². The van der Waals surface area contributed by atoms with Crippen LogP contribution in [0.4, 0.5) is 5.82 Å². The summed E-state index contributed by atoms with van der Waals surface area (Å²) in [6, 6.07) is 1.54. The average Bonchev–Trinajstić information content (AvgIpc) is 3.25. The first-order chi connectivity index (χ1) is 14.5. The number of aromatic nitrogens is 4. The zero-order chi connectivity index (χ0) is 21.8. The number of aliphatic hydroxyl groups excluding tert-OH is 1. The molecule has 1 atom stereocenters. The van der Waals surface area contributed by atoms with E-state index in [1.165, 1.54) is 19.3 Å². The normalized spacial score (nSPS) is 12.2. The van der Waals surface area contributed by atoms with Crippen LogP contribution in [0.5, 0.6) is 0 Å². The predicted molar refractivity (Wildman–Crippen MR) is 119 cm³/mol. The molecule has 166 valence electrons. The van der Waals surface area contributed by atoms with Crippen molar-refractivity contribution in [3.8, 4) is 5.95 Å². The van der Waals surface area contributed by atoms with Gasteiger partial charge in [-0.15, -0.1) is 0 Å². The number of aryl methyl sites for hydroxylation is 1. The summed E-state index contributed by atoms with van der Waals surface area (Å²) < 4.78 is 1.78. The fourth-order valence-electron chi connectivity index (χ4n) is 3.21. The van der Waals surface area contributed by atoms with Crippen molar-refractivity contribution >= 4 is 11.7 Å². The summed E-state index contributed by atoms with van der Waals surface area (Å²) >= 11 is 0. The first kappa shape index (κ1) is 23.8. The molecule has 0 bridgehead atoms. The summed E-state index contributed by atoms with van der Waals surface area (Å²) in [5, 5.41) is 15.2. The van der Waals surface area contributed by atoms with Gasteiger partial charge < -0.3 is 15.7 Å². The molecule has 2 heterocycles. The number of amides is 1. The lowest BCUT2D eigenvalue weighted by Gasteiger charge is -2.21. The lowest BCUT2D eigenvalue weighted by Crippen LogP contribution is -2.41. The van der Waals surface area contributed by atoms with Crippen molar-refractivity contribution in [1.82, 2.24) is 24.8 Å². The smallest absolute Gasteiger partial charge is 0.242 e. The molecule has 8 nitrogen and oxygen atoms in total. The van der Waals surface area contributed by atoms with E-state index in [1.54, 1.807) is 17.1 Å². The van der Waals surface area contributed by atoms with E-state index in [9.17, 15) is 4.79 Å². The average molecular weight is 417 g/mol. The monoisotopic (exact) mass is 416 g/mol. The van der Waals surface area contributed by atoms with Crippen molar-refractivity contribution in [3.63, 3.8) is 0 Å². The van der Waals surface area contributed by atoms with Gasteiger partial charge in [0.15, 0.2) is 0 Å². The number of nitrogens with one attached hydrogen (secondary N) is 2. The summed E-state index contributed by atoms with van der Waals surface area (Å²) in [4.78, 5) is 26.1. The minimum Gasteiger partial charge on any atom is -0.396 e. The van der Waals surface area contributed by atoms with Crippen LogP contribution in [-0.4, -0.2) is 49.7 Å². The molecule has 3 N–H and O–H groups in total. The van der Waals surface area contributed by atoms with Crippen molar-refractivity contribution in [2.24, 2.45) is 5.92 Å². The van der Waals surface area contributed by atoms with E-state index in [2.05, 4.69) is 41.4 Å². The van der Waals surface area contributed by atoms with Gasteiger partial charge in [-0.3, -0.25) is 9.36 Å². The van der Waals surface area contributed by atoms with Gasteiger partial charge in [0, 0.05) is 37.3 Å². The van der Waals surface area contributed by atoms with Crippen LogP contribution in [-0.2, 0) is 11.2 Å². The van der Waals surface area contributed by atoms with Crippen LogP contribution in [0.1, 0.15) is 65.0 Å². The van der Waals surface area contributed by atoms with Gasteiger partial charge >= 0.3 is 0 Å². The van der Waals surface area contributed by atoms with E-state index in [-0.39, 0.29) is 12.5 Å². The van der Waals surface area contributed by atoms with Gasteiger partial charge in [0.25, 0.3) is 0 Å². The van der Waals surface area contributed by atoms with Crippen molar-refractivity contribution in [2.75, 3.05) is 18.5 Å². The molecule has 8 heteroatoms. The van der Waals surface area contributed by atoms with Crippen molar-refractivity contribution in [3.05, 3.63) is 30.5 Å². The third kappa shape index (κ3) is 8.10. The van der Waals surface area contributed by atoms with Gasteiger partial charge in [0.05, 0.1) is 0 Å². The molecular weight excluding hydrogens is 380 g/mol. The summed E-state index contributed by atoms with van der Waals surface area (Å²) in [7, 11) is 0. The van der Waals surface area contributed by atoms with Crippen LogP contribution in [0.2, 0.25) is 0 Å². The molecule has 30 heavy (non-hydrogen) atoms. The Balaban J connectivity index is 2.20. The van der Waals surface area contributed by atoms with E-state index in [0.717, 1.165) is 18.5 Å². The molecule has 0 unspecified atom stereocenters. The number of carbonyl (C=O) groups is 1. The highest BCUT2D eigenvalue weighted by molar-refractivity contribution is 5.84. The second-order valence-electron chi connectivity index (χ2n) is 8.02. The van der Waals surface area contributed by atoms with Crippen LogP contribution in [0.15, 0.2) is 24.8 Å². The Kier molecular flexibility index (Phi) is 10.3. The molecule has 0 radical (unpaired) electrons. The molecule has 2 aromatic rings. The maximum absolute atomic E-state index is 12.7. The number of imidazole rings is 1. The minimum absolute atomic E-state index is 0.0596. The zero-order valence-electron chi connectivity index (χ0n) is 18.5. The SMILES string of the molecule is CCCCCCc1cc(N[C@@H](CC(C)C)C(=O)NCCCO)nc(-n2ccnc2)n1. The number of aliphatic hydroxyl groups is 1. The van der Waals surface area contributed by atoms with E-state index < -0.39 is 6.04 Å². The highest BCUT2D eigenvalue weighted by Gasteiger charge is 2.20. The number of unbranched alkanes of at least 4 members (excludes halogenated alkanes) is 3. The molecule has 2 rings (SSSR count). The highest BCUT2D eigenvalue weighted by Crippen LogP contribution is 2.16. The third-order valence-electron chi connectivity index (χ3n) is 4.77. The Morgan fingerprint density at radius 3 is 2.70 bits per heavy atom. The Morgan fingerprint density at radius 2 is 2.03 bits per heavy atom. The van der Waals surface area contributed by atoms with Crippen molar-refractivity contribution in [1.29, 1.82) is 0 Å². The topological polar surface area (TPSA) is 105 Å². The molecule has 0 fully saturated rings. The maximum Gasteiger partial charge on any atom is 0.242 e. The summed E-state index contributed by atoms with van der Waals surface area (Å²) in [6.45, 7) is 6.89. The van der Waals surface area contributed by atoms with Crippen LogP contribution in [0.25, 0.3) is 5.95 Å². The van der Waals surface area contributed by atoms with Gasteiger partial charge in [-0.05, 0) is 31.6 Å². The molecule has 0 aliphatic rings. The van der Waals surface area contributed by atoms with Crippen LogP contribution in [0.3, 0.4) is 0 Å². The number of rotatable bonds is 14. The van der Waals surface area contributed by atoms with Gasteiger partial charge in [-0.25, -0.2) is 9.97 Å². The predicted octanol–water partition coefficient (Wildman–Crippen LogP) is 3.11. The molecule has 0 spiro atoms. The molecule has 0 aliphatic carbocycles. The van der Waals surface area contributed by atoms with E-state index in [1.807, 2.05) is 12.3 Å². The van der Waals surface area contributed by atoms with Crippen LogP contribution >= 0.6 is 0 Å². The number of anilines is 1. The number of nitrogens with zero attached hydrogens (tertiary/aromatic N) is 4. The lowest BCUT2D eigenvalue weighted by atomic mass is 10.0. The number of carbonyl (C=O) groups excluding carboxylic acids is 1. The molecule has 0 aromatic carbocycles. The Labute approximate surface area is 179 Å². The first-order valence-electron chi connectivity index (χ1n) is 11.0. The van der Waals surface area contributed by atoms with Crippen molar-refractivity contribution in [2.45, 2.75) is 71.8 Å². The van der Waals surface area contributed by atoms with Gasteiger partial charge in [-0.1, -0.05) is 40.0 Å². The van der Waals surface area contributed by atoms with E-state index in [0.29, 0.717) is 37.1 Å². The van der Waals surface area contributed by atoms with E-state index in [4.69, 9.17) is 10.1 Å². The quantitative estimate of drug-likeness (QED) is 0.409. The molecule has 1 amide bonds. The first-order valence-corrected chi connectivity index (χ1v) is 11.0. The molecule has 2 aromatic heterocycles. The summed E-state index contributed by atoms with van der Waals surface area (Å²) in [5.41, 5.74) is 0.955. The summed E-state index contributed by atoms with van der Waals surface area (Å²) in [5.74, 6) is 1.45. The Hall–Kier alpha value is -2.48. The lowest BCUT2D eigenvalue weighted by molar-refractivity contribution is -0.122. The van der Waals surface area contributed by atoms with Crippen molar-refractivity contribution < 1.29 is 9.90 Å². The Morgan fingerprint density at radius 1 is 1.20 bits per heavy atom. The standard InChI is InChI=1S/C22H36N6O2/c1-4-5-6-7-9-18-15-20(27-22(25-18)28-12-11-23-16-28)26-19(14-17(2)3)21(30)24-10-8-13-29/h11-12,15-17,19,29H,4-10,13-14H2,1-3H3,(H,24,30)(H,25,26,27)/t19-/m0/s1. The fraction of sp³-hybridized carbons (Fsp3) is 0.636. The largest absolute Gasteiger partial charge is 0.396 e. The zero-order valence-corrected chi connectivity index (χ0v) is 18.5. The second-order valence-corrected chi connectivity index (χ2v) is 8.02. The number of hydrogen-bond donors (Lipinski definition) is 3. The van der Waals surface area contributed by atoms with Gasteiger partial charge in [0.1, 0.15) is 18.2 Å². The van der Waals surface area contributed by atoms with Gasteiger partial charge in [0.2, 0.25) is 11.9 Å². The van der Waals surface area contributed by atoms with Crippen LogP contribution < -0.4 is 10.6 Å². The fourth-order valence-corrected chi connectivity index (χ4v) is 3.21. The third-order valence-corrected chi connectivity index (χ3v) is 4.77.